The van der Waals surface area contributed by atoms with Crippen LogP contribution < -0.4 is 10.6 Å². The standard InChI is InChI=1S/C15H15FN2O4S2/c1-24(21,22)10-4-5-11(16)12(9-10)18-14(19)6-7-17-15(20)13-3-2-8-23-13/h2-5,8-9H,6-7H2,1H3,(H,17,20)(H,18,19). The van der Waals surface area contributed by atoms with Crippen molar-refractivity contribution in [3.63, 3.8) is 0 Å². The first-order chi connectivity index (χ1) is 11.3. The smallest absolute Gasteiger partial charge is 0.261 e. The quantitative estimate of drug-likeness (QED) is 0.761. The molecule has 0 saturated carbocycles. The van der Waals surface area contributed by atoms with Gasteiger partial charge >= 0.3 is 0 Å². The van der Waals surface area contributed by atoms with Crippen LogP contribution in [0.15, 0.2) is 40.6 Å². The minimum absolute atomic E-state index is 0.0698. The maximum Gasteiger partial charge on any atom is 0.261 e. The number of sulfone groups is 1. The molecule has 0 radical (unpaired) electrons. The normalized spacial score (nSPS) is 11.1. The molecule has 128 valence electrons. The van der Waals surface area contributed by atoms with Crippen LogP contribution in [0.3, 0.4) is 0 Å². The molecule has 2 N–H and O–H groups in total. The molecule has 1 aromatic heterocycles. The van der Waals surface area contributed by atoms with Crippen molar-refractivity contribution in [3.8, 4) is 0 Å². The summed E-state index contributed by atoms with van der Waals surface area (Å²) in [6.07, 6.45) is 0.922. The molecule has 0 spiro atoms. The number of nitrogens with one attached hydrogen (secondary N) is 2. The number of halogens is 1. The van der Waals surface area contributed by atoms with Gasteiger partial charge in [-0.25, -0.2) is 12.8 Å². The van der Waals surface area contributed by atoms with Gasteiger partial charge in [-0.05, 0) is 29.6 Å². The van der Waals surface area contributed by atoms with Crippen molar-refractivity contribution < 1.29 is 22.4 Å². The average Bonchev–Trinajstić information content (AvgIpc) is 3.02. The Labute approximate surface area is 142 Å². The van der Waals surface area contributed by atoms with Crippen molar-refractivity contribution in [2.75, 3.05) is 18.1 Å². The Balaban J connectivity index is 1.92. The summed E-state index contributed by atoms with van der Waals surface area (Å²) in [6, 6.07) is 6.56. The summed E-state index contributed by atoms with van der Waals surface area (Å²) in [4.78, 5) is 24.0. The lowest BCUT2D eigenvalue weighted by Crippen LogP contribution is -2.27. The van der Waals surface area contributed by atoms with Gasteiger partial charge in [0.2, 0.25) is 5.91 Å². The van der Waals surface area contributed by atoms with Crippen molar-refractivity contribution in [3.05, 3.63) is 46.4 Å². The van der Waals surface area contributed by atoms with Crippen molar-refractivity contribution >= 4 is 38.7 Å². The van der Waals surface area contributed by atoms with E-state index < -0.39 is 21.6 Å². The van der Waals surface area contributed by atoms with Gasteiger partial charge in [-0.2, -0.15) is 0 Å². The van der Waals surface area contributed by atoms with Gasteiger partial charge in [-0.15, -0.1) is 11.3 Å². The van der Waals surface area contributed by atoms with E-state index in [9.17, 15) is 22.4 Å². The van der Waals surface area contributed by atoms with Crippen molar-refractivity contribution in [1.82, 2.24) is 5.32 Å². The van der Waals surface area contributed by atoms with Gasteiger partial charge in [-0.3, -0.25) is 9.59 Å². The zero-order valence-electron chi connectivity index (χ0n) is 12.7. The Morgan fingerprint density at radius 3 is 2.62 bits per heavy atom. The van der Waals surface area contributed by atoms with E-state index in [1.165, 1.54) is 11.3 Å². The second kappa shape index (κ2) is 7.54. The maximum absolute atomic E-state index is 13.7. The molecule has 0 unspecified atom stereocenters. The van der Waals surface area contributed by atoms with Crippen LogP contribution >= 0.6 is 11.3 Å². The van der Waals surface area contributed by atoms with Crippen LogP contribution in [-0.2, 0) is 14.6 Å². The second-order valence-electron chi connectivity index (χ2n) is 4.95. The SMILES string of the molecule is CS(=O)(=O)c1ccc(F)c(NC(=O)CCNC(=O)c2cccs2)c1. The van der Waals surface area contributed by atoms with Crippen molar-refractivity contribution in [1.29, 1.82) is 0 Å². The number of hydrogen-bond acceptors (Lipinski definition) is 5. The zero-order chi connectivity index (χ0) is 17.7. The lowest BCUT2D eigenvalue weighted by Gasteiger charge is -2.08. The lowest BCUT2D eigenvalue weighted by molar-refractivity contribution is -0.116. The summed E-state index contributed by atoms with van der Waals surface area (Å²) in [7, 11) is -3.50. The summed E-state index contributed by atoms with van der Waals surface area (Å²) in [6.45, 7) is 0.0793. The lowest BCUT2D eigenvalue weighted by atomic mass is 10.3. The number of rotatable bonds is 6. The third kappa shape index (κ3) is 4.87. The average molecular weight is 370 g/mol. The second-order valence-corrected chi connectivity index (χ2v) is 7.91. The van der Waals surface area contributed by atoms with E-state index in [2.05, 4.69) is 10.6 Å². The number of hydrogen-bond donors (Lipinski definition) is 2. The molecule has 9 heteroatoms. The first kappa shape index (κ1) is 18.1. The molecule has 2 rings (SSSR count). The van der Waals surface area contributed by atoms with E-state index in [4.69, 9.17) is 0 Å². The third-order valence-corrected chi connectivity index (χ3v) is 5.00. The fourth-order valence-electron chi connectivity index (χ4n) is 1.83. The van der Waals surface area contributed by atoms with Gasteiger partial charge < -0.3 is 10.6 Å². The van der Waals surface area contributed by atoms with Gasteiger partial charge in [0, 0.05) is 19.2 Å². The first-order valence-electron chi connectivity index (χ1n) is 6.88. The first-order valence-corrected chi connectivity index (χ1v) is 9.65. The highest BCUT2D eigenvalue weighted by Gasteiger charge is 2.13. The molecule has 0 aliphatic heterocycles. The van der Waals surface area contributed by atoms with E-state index in [0.29, 0.717) is 4.88 Å². The Bertz CT molecular complexity index is 848. The minimum atomic E-state index is -3.50. The third-order valence-electron chi connectivity index (χ3n) is 3.02. The van der Waals surface area contributed by atoms with Crippen LogP contribution in [0.2, 0.25) is 0 Å². The maximum atomic E-state index is 13.7. The van der Waals surface area contributed by atoms with Crippen LogP contribution in [0.5, 0.6) is 0 Å². The summed E-state index contributed by atoms with van der Waals surface area (Å²) < 4.78 is 36.6. The molecule has 0 saturated heterocycles. The molecule has 0 bridgehead atoms. The van der Waals surface area contributed by atoms with Crippen LogP contribution in [0.1, 0.15) is 16.1 Å². The summed E-state index contributed by atoms with van der Waals surface area (Å²) in [5.41, 5.74) is -0.215. The largest absolute Gasteiger partial charge is 0.351 e. The number of anilines is 1. The molecule has 1 heterocycles. The van der Waals surface area contributed by atoms with Gasteiger partial charge in [-0.1, -0.05) is 6.07 Å². The van der Waals surface area contributed by atoms with Crippen LogP contribution in [0, 0.1) is 5.82 Å². The molecule has 6 nitrogen and oxygen atoms in total. The van der Waals surface area contributed by atoms with Crippen LogP contribution in [0.25, 0.3) is 0 Å². The molecule has 0 fully saturated rings. The predicted molar refractivity (Wildman–Crippen MR) is 89.4 cm³/mol. The van der Waals surface area contributed by atoms with Crippen molar-refractivity contribution in [2.45, 2.75) is 11.3 Å². The fourth-order valence-corrected chi connectivity index (χ4v) is 3.12. The van der Waals surface area contributed by atoms with Crippen LogP contribution in [-0.4, -0.2) is 33.0 Å². The molecule has 0 aliphatic rings. The van der Waals surface area contributed by atoms with Gasteiger partial charge in [0.25, 0.3) is 5.91 Å². The van der Waals surface area contributed by atoms with Crippen molar-refractivity contribution in [2.24, 2.45) is 0 Å². The van der Waals surface area contributed by atoms with Crippen LogP contribution in [0.4, 0.5) is 10.1 Å². The van der Waals surface area contributed by atoms with E-state index >= 15 is 0 Å². The molecule has 2 aromatic rings. The van der Waals surface area contributed by atoms with Gasteiger partial charge in [0.1, 0.15) is 5.82 Å². The molecular formula is C15H15FN2O4S2. The molecule has 1 aromatic carbocycles. The highest BCUT2D eigenvalue weighted by Crippen LogP contribution is 2.19. The highest BCUT2D eigenvalue weighted by molar-refractivity contribution is 7.90. The number of carbonyl (C=O) groups excluding carboxylic acids is 2. The topological polar surface area (TPSA) is 92.3 Å². The van der Waals surface area contributed by atoms with E-state index in [1.807, 2.05) is 0 Å². The van der Waals surface area contributed by atoms with E-state index in [0.717, 1.165) is 24.5 Å². The number of thiophene rings is 1. The summed E-state index contributed by atoms with van der Waals surface area (Å²) in [5.74, 6) is -1.56. The number of amides is 2. The summed E-state index contributed by atoms with van der Waals surface area (Å²) >= 11 is 1.28. The predicted octanol–water partition coefficient (Wildman–Crippen LogP) is 2.05. The number of benzene rings is 1. The Kier molecular flexibility index (Phi) is 5.68. The minimum Gasteiger partial charge on any atom is -0.351 e. The Hall–Kier alpha value is -2.26. The highest BCUT2D eigenvalue weighted by atomic mass is 32.2. The molecule has 0 aliphatic carbocycles. The number of carbonyl (C=O) groups is 2. The van der Waals surface area contributed by atoms with Gasteiger partial charge in [0.15, 0.2) is 9.84 Å². The summed E-state index contributed by atoms with van der Waals surface area (Å²) in [5, 5.41) is 6.64. The fraction of sp³-hybridized carbons (Fsp3) is 0.200. The molecule has 0 atom stereocenters. The molecular weight excluding hydrogens is 355 g/mol. The van der Waals surface area contributed by atoms with Gasteiger partial charge in [0.05, 0.1) is 15.5 Å². The molecule has 2 amide bonds. The van der Waals surface area contributed by atoms with E-state index in [1.54, 1.807) is 17.5 Å². The Morgan fingerprint density at radius 2 is 2.00 bits per heavy atom. The van der Waals surface area contributed by atoms with E-state index in [-0.39, 0.29) is 29.5 Å². The zero-order valence-corrected chi connectivity index (χ0v) is 14.3. The molecule has 24 heavy (non-hydrogen) atoms. The Morgan fingerprint density at radius 1 is 1.25 bits per heavy atom. The monoisotopic (exact) mass is 370 g/mol.